The molecule has 1 N–H and O–H groups in total. The van der Waals surface area contributed by atoms with E-state index >= 15 is 0 Å². The highest BCUT2D eigenvalue weighted by Gasteiger charge is 2.27. The lowest BCUT2D eigenvalue weighted by Gasteiger charge is -2.18. The van der Waals surface area contributed by atoms with Gasteiger partial charge in [-0.3, -0.25) is 14.4 Å². The van der Waals surface area contributed by atoms with Crippen molar-refractivity contribution in [1.82, 2.24) is 0 Å². The largest absolute Gasteiger partial charge is 0.481 e. The third-order valence-corrected chi connectivity index (χ3v) is 4.19. The summed E-state index contributed by atoms with van der Waals surface area (Å²) in [6.45, 7) is 9.52. The average Bonchev–Trinajstić information content (AvgIpc) is 2.49. The molecule has 0 saturated carbocycles. The lowest BCUT2D eigenvalue weighted by molar-refractivity contribution is -0.147. The molecule has 132 valence electrons. The van der Waals surface area contributed by atoms with Crippen LogP contribution in [0.15, 0.2) is 24.3 Å². The Hall–Kier alpha value is -1.97. The molecule has 0 aromatic heterocycles. The van der Waals surface area contributed by atoms with Gasteiger partial charge in [-0.15, -0.1) is 0 Å². The Balaban J connectivity index is 2.65. The normalized spacial score (nSPS) is 12.0. The Labute approximate surface area is 144 Å². The molecular weight excluding hydrogens is 304 g/mol. The van der Waals surface area contributed by atoms with Crippen molar-refractivity contribution in [2.75, 3.05) is 0 Å². The van der Waals surface area contributed by atoms with Crippen LogP contribution in [0.1, 0.15) is 81.0 Å². The zero-order chi connectivity index (χ0) is 18.5. The minimum Gasteiger partial charge on any atom is -0.481 e. The predicted molar refractivity (Wildman–Crippen MR) is 94.4 cm³/mol. The fraction of sp³-hybridized carbons (Fsp3) is 0.550. The second kappa shape index (κ2) is 7.73. The van der Waals surface area contributed by atoms with Crippen molar-refractivity contribution in [2.45, 2.75) is 60.3 Å². The van der Waals surface area contributed by atoms with E-state index in [0.717, 1.165) is 6.42 Å². The molecule has 0 amide bonds. The van der Waals surface area contributed by atoms with E-state index in [2.05, 4.69) is 20.8 Å². The van der Waals surface area contributed by atoms with Crippen LogP contribution in [0.5, 0.6) is 0 Å². The Morgan fingerprint density at radius 1 is 0.792 bits per heavy atom. The molecule has 1 aromatic rings. The summed E-state index contributed by atoms with van der Waals surface area (Å²) in [4.78, 5) is 35.4. The molecule has 0 aliphatic rings. The molecule has 0 unspecified atom stereocenters. The summed E-state index contributed by atoms with van der Waals surface area (Å²) < 4.78 is 0. The number of rotatable bonds is 8. The van der Waals surface area contributed by atoms with Gasteiger partial charge >= 0.3 is 5.97 Å². The van der Waals surface area contributed by atoms with Gasteiger partial charge in [0, 0.05) is 24.0 Å². The van der Waals surface area contributed by atoms with Crippen LogP contribution in [0.25, 0.3) is 0 Å². The van der Waals surface area contributed by atoms with E-state index in [1.807, 2.05) is 0 Å². The highest BCUT2D eigenvalue weighted by Crippen LogP contribution is 2.24. The van der Waals surface area contributed by atoms with Crippen LogP contribution in [0.2, 0.25) is 0 Å². The molecule has 0 atom stereocenters. The maximum Gasteiger partial charge on any atom is 0.309 e. The molecule has 0 bridgehead atoms. The van der Waals surface area contributed by atoms with Gasteiger partial charge in [-0.25, -0.2) is 0 Å². The molecule has 0 fully saturated rings. The molecule has 4 heteroatoms. The van der Waals surface area contributed by atoms with E-state index in [9.17, 15) is 14.4 Å². The van der Waals surface area contributed by atoms with Gasteiger partial charge in [-0.1, -0.05) is 45.0 Å². The van der Waals surface area contributed by atoms with Crippen molar-refractivity contribution in [3.63, 3.8) is 0 Å². The van der Waals surface area contributed by atoms with Crippen molar-refractivity contribution >= 4 is 17.5 Å². The number of Topliss-reactive ketones (excluding diaryl/α,β-unsaturated/α-hetero) is 2. The molecule has 0 heterocycles. The second-order valence-electron chi connectivity index (χ2n) is 8.17. The van der Waals surface area contributed by atoms with Gasteiger partial charge < -0.3 is 5.11 Å². The zero-order valence-corrected chi connectivity index (χ0v) is 15.3. The van der Waals surface area contributed by atoms with E-state index in [1.165, 1.54) is 0 Å². The maximum absolute atomic E-state index is 12.2. The molecule has 0 aliphatic heterocycles. The van der Waals surface area contributed by atoms with Crippen LogP contribution >= 0.6 is 0 Å². The van der Waals surface area contributed by atoms with Crippen molar-refractivity contribution in [3.8, 4) is 0 Å². The average molecular weight is 332 g/mol. The molecule has 4 nitrogen and oxygen atoms in total. The summed E-state index contributed by atoms with van der Waals surface area (Å²) in [5.74, 6) is -0.927. The number of carbonyl (C=O) groups is 3. The van der Waals surface area contributed by atoms with E-state index in [1.54, 1.807) is 38.1 Å². The van der Waals surface area contributed by atoms with Gasteiger partial charge in [-0.2, -0.15) is 0 Å². The maximum atomic E-state index is 12.2. The first-order valence-corrected chi connectivity index (χ1v) is 8.32. The van der Waals surface area contributed by atoms with E-state index in [4.69, 9.17) is 5.11 Å². The lowest BCUT2D eigenvalue weighted by atomic mass is 9.86. The van der Waals surface area contributed by atoms with Crippen molar-refractivity contribution < 1.29 is 19.5 Å². The summed E-state index contributed by atoms with van der Waals surface area (Å²) in [5.41, 5.74) is 0.325. The zero-order valence-electron chi connectivity index (χ0n) is 15.3. The number of carboxylic acid groups (broad SMARTS) is 1. The fourth-order valence-corrected chi connectivity index (χ4v) is 2.15. The molecule has 0 radical (unpaired) electrons. The van der Waals surface area contributed by atoms with Crippen LogP contribution < -0.4 is 0 Å². The standard InChI is InChI=1S/C20H28O4/c1-19(2,3)12-10-16(21)14-6-8-15(9-7-14)17(22)11-13-20(4,5)18(23)24/h6-9H,10-13H2,1-5H3,(H,23,24). The number of hydrogen-bond donors (Lipinski definition) is 1. The van der Waals surface area contributed by atoms with E-state index < -0.39 is 11.4 Å². The number of ketones is 2. The number of carboxylic acids is 1. The molecule has 0 spiro atoms. The highest BCUT2D eigenvalue weighted by atomic mass is 16.4. The first-order chi connectivity index (χ1) is 10.9. The molecule has 1 aromatic carbocycles. The summed E-state index contributed by atoms with van der Waals surface area (Å²) >= 11 is 0. The second-order valence-corrected chi connectivity index (χ2v) is 8.17. The van der Waals surface area contributed by atoms with Crippen LogP contribution in [0, 0.1) is 10.8 Å². The van der Waals surface area contributed by atoms with E-state index in [0.29, 0.717) is 17.5 Å². The number of carbonyl (C=O) groups excluding carboxylic acids is 2. The third kappa shape index (κ3) is 6.26. The first kappa shape index (κ1) is 20.1. The smallest absolute Gasteiger partial charge is 0.309 e. The first-order valence-electron chi connectivity index (χ1n) is 8.32. The SMILES string of the molecule is CC(C)(C)CCC(=O)c1ccc(C(=O)CCC(C)(C)C(=O)O)cc1. The Morgan fingerprint density at radius 3 is 1.50 bits per heavy atom. The predicted octanol–water partition coefficient (Wildman–Crippen LogP) is 4.77. The van der Waals surface area contributed by atoms with Gasteiger partial charge in [0.25, 0.3) is 0 Å². The van der Waals surface area contributed by atoms with Crippen LogP contribution in [-0.2, 0) is 4.79 Å². The number of benzene rings is 1. The Morgan fingerprint density at radius 2 is 1.17 bits per heavy atom. The topological polar surface area (TPSA) is 71.4 Å². The Bertz CT molecular complexity index is 604. The molecule has 0 aliphatic carbocycles. The summed E-state index contributed by atoms with van der Waals surface area (Å²) in [6.07, 6.45) is 1.77. The molecular formula is C20H28O4. The van der Waals surface area contributed by atoms with Gasteiger partial charge in [0.05, 0.1) is 5.41 Å². The van der Waals surface area contributed by atoms with Gasteiger partial charge in [0.15, 0.2) is 11.6 Å². The van der Waals surface area contributed by atoms with Crippen molar-refractivity contribution in [3.05, 3.63) is 35.4 Å². The minimum absolute atomic E-state index is 0.0796. The van der Waals surface area contributed by atoms with Gasteiger partial charge in [-0.05, 0) is 32.1 Å². The number of aliphatic carboxylic acids is 1. The van der Waals surface area contributed by atoms with E-state index in [-0.39, 0.29) is 29.8 Å². The van der Waals surface area contributed by atoms with Crippen molar-refractivity contribution in [2.24, 2.45) is 10.8 Å². The molecule has 24 heavy (non-hydrogen) atoms. The van der Waals surface area contributed by atoms with Crippen LogP contribution in [-0.4, -0.2) is 22.6 Å². The molecule has 1 rings (SSSR count). The quantitative estimate of drug-likeness (QED) is 0.696. The highest BCUT2D eigenvalue weighted by molar-refractivity contribution is 5.99. The van der Waals surface area contributed by atoms with Gasteiger partial charge in [0.1, 0.15) is 0 Å². The van der Waals surface area contributed by atoms with Crippen molar-refractivity contribution in [1.29, 1.82) is 0 Å². The minimum atomic E-state index is -0.918. The van der Waals surface area contributed by atoms with Gasteiger partial charge in [0.2, 0.25) is 0 Å². The summed E-state index contributed by atoms with van der Waals surface area (Å²) in [7, 11) is 0. The fourth-order valence-electron chi connectivity index (χ4n) is 2.15. The van der Waals surface area contributed by atoms with Crippen LogP contribution in [0.3, 0.4) is 0 Å². The molecule has 0 saturated heterocycles. The lowest BCUT2D eigenvalue weighted by Crippen LogP contribution is -2.24. The third-order valence-electron chi connectivity index (χ3n) is 4.19. The van der Waals surface area contributed by atoms with Crippen LogP contribution in [0.4, 0.5) is 0 Å². The number of hydrogen-bond acceptors (Lipinski definition) is 3. The monoisotopic (exact) mass is 332 g/mol. The summed E-state index contributed by atoms with van der Waals surface area (Å²) in [6, 6.07) is 6.67. The summed E-state index contributed by atoms with van der Waals surface area (Å²) in [5, 5.41) is 9.08. The Kier molecular flexibility index (Phi) is 6.47.